The first-order valence-electron chi connectivity index (χ1n) is 9.74. The van der Waals surface area contributed by atoms with Crippen molar-refractivity contribution in [2.24, 2.45) is 0 Å². The maximum absolute atomic E-state index is 13.3. The molecule has 1 atom stereocenters. The lowest BCUT2D eigenvalue weighted by atomic mass is 9.99. The number of aryl methyl sites for hydroxylation is 2. The van der Waals surface area contributed by atoms with Gasteiger partial charge in [0.25, 0.3) is 5.56 Å². The molecule has 0 spiro atoms. The highest BCUT2D eigenvalue weighted by Gasteiger charge is 2.21. The molecular weight excluding hydrogens is 376 g/mol. The third-order valence-electron chi connectivity index (χ3n) is 5.31. The average Bonchev–Trinajstić information content (AvgIpc) is 3.28. The second-order valence-electron chi connectivity index (χ2n) is 7.34. The molecule has 0 radical (unpaired) electrons. The summed E-state index contributed by atoms with van der Waals surface area (Å²) >= 11 is 0. The van der Waals surface area contributed by atoms with E-state index in [0.717, 1.165) is 16.8 Å². The van der Waals surface area contributed by atoms with E-state index in [-0.39, 0.29) is 22.9 Å². The number of carbonyl (C=O) groups is 1. The summed E-state index contributed by atoms with van der Waals surface area (Å²) in [6.07, 6.45) is 6.84. The van der Waals surface area contributed by atoms with Crippen LogP contribution in [0.5, 0.6) is 0 Å². The molecule has 0 fully saturated rings. The van der Waals surface area contributed by atoms with Crippen molar-refractivity contribution in [1.82, 2.24) is 19.3 Å². The van der Waals surface area contributed by atoms with Crippen LogP contribution in [-0.4, -0.2) is 25.1 Å². The van der Waals surface area contributed by atoms with Gasteiger partial charge in [0.2, 0.25) is 0 Å². The zero-order valence-electron chi connectivity index (χ0n) is 17.1. The Labute approximate surface area is 174 Å². The molecule has 0 aliphatic rings. The SMILES string of the molecule is Cc1cc(C(=O)c2c(C)cnn(C(C)c3ccccc3)c2=O)ccc1-n1ccnc1. The van der Waals surface area contributed by atoms with Crippen LogP contribution in [0.3, 0.4) is 0 Å². The number of benzene rings is 2. The van der Waals surface area contributed by atoms with Crippen LogP contribution in [0.4, 0.5) is 0 Å². The molecule has 6 nitrogen and oxygen atoms in total. The second-order valence-corrected chi connectivity index (χ2v) is 7.34. The Hall–Kier alpha value is -3.80. The van der Waals surface area contributed by atoms with E-state index >= 15 is 0 Å². The van der Waals surface area contributed by atoms with Gasteiger partial charge in [0, 0.05) is 23.6 Å². The summed E-state index contributed by atoms with van der Waals surface area (Å²) in [5.41, 5.74) is 3.62. The zero-order valence-corrected chi connectivity index (χ0v) is 17.1. The molecule has 4 aromatic rings. The third-order valence-corrected chi connectivity index (χ3v) is 5.31. The number of rotatable bonds is 5. The van der Waals surface area contributed by atoms with Crippen molar-refractivity contribution in [2.45, 2.75) is 26.8 Å². The van der Waals surface area contributed by atoms with Crippen LogP contribution in [0.15, 0.2) is 78.2 Å². The number of imidazole rings is 1. The molecule has 6 heteroatoms. The molecule has 0 saturated heterocycles. The van der Waals surface area contributed by atoms with Crippen LogP contribution in [0.1, 0.15) is 45.6 Å². The molecule has 0 aliphatic carbocycles. The van der Waals surface area contributed by atoms with Crippen LogP contribution in [0.25, 0.3) is 5.69 Å². The fourth-order valence-corrected chi connectivity index (χ4v) is 3.61. The molecule has 2 aromatic heterocycles. The van der Waals surface area contributed by atoms with Crippen LogP contribution in [-0.2, 0) is 0 Å². The quantitative estimate of drug-likeness (QED) is 0.478. The fourth-order valence-electron chi connectivity index (χ4n) is 3.61. The zero-order chi connectivity index (χ0) is 21.3. The van der Waals surface area contributed by atoms with Gasteiger partial charge in [-0.25, -0.2) is 9.67 Å². The molecular formula is C24H22N4O2. The summed E-state index contributed by atoms with van der Waals surface area (Å²) in [5, 5.41) is 4.30. The smallest absolute Gasteiger partial charge is 0.278 e. The number of hydrogen-bond acceptors (Lipinski definition) is 4. The molecule has 0 aliphatic heterocycles. The third kappa shape index (κ3) is 3.48. The Morgan fingerprint density at radius 3 is 2.47 bits per heavy atom. The molecule has 1 unspecified atom stereocenters. The Balaban J connectivity index is 1.75. The van der Waals surface area contributed by atoms with E-state index in [1.165, 1.54) is 4.68 Å². The maximum atomic E-state index is 13.3. The first-order valence-corrected chi connectivity index (χ1v) is 9.74. The van der Waals surface area contributed by atoms with Gasteiger partial charge < -0.3 is 4.57 Å². The normalized spacial score (nSPS) is 12.0. The van der Waals surface area contributed by atoms with E-state index in [1.807, 2.05) is 67.1 Å². The van der Waals surface area contributed by atoms with E-state index in [2.05, 4.69) is 10.1 Å². The van der Waals surface area contributed by atoms with E-state index in [1.54, 1.807) is 31.7 Å². The number of carbonyl (C=O) groups excluding carboxylic acids is 1. The average molecular weight is 398 g/mol. The molecule has 2 aromatic carbocycles. The molecule has 0 bridgehead atoms. The summed E-state index contributed by atoms with van der Waals surface area (Å²) < 4.78 is 3.26. The minimum Gasteiger partial charge on any atom is -0.306 e. The Morgan fingerprint density at radius 1 is 1.03 bits per heavy atom. The summed E-state index contributed by atoms with van der Waals surface area (Å²) in [7, 11) is 0. The topological polar surface area (TPSA) is 69.8 Å². The van der Waals surface area contributed by atoms with E-state index in [0.29, 0.717) is 11.1 Å². The molecule has 4 rings (SSSR count). The van der Waals surface area contributed by atoms with Crippen LogP contribution in [0.2, 0.25) is 0 Å². The van der Waals surface area contributed by atoms with Crippen LogP contribution < -0.4 is 5.56 Å². The van der Waals surface area contributed by atoms with Crippen molar-refractivity contribution in [2.75, 3.05) is 0 Å². The van der Waals surface area contributed by atoms with Gasteiger partial charge in [-0.15, -0.1) is 0 Å². The highest BCUT2D eigenvalue weighted by molar-refractivity contribution is 6.09. The Morgan fingerprint density at radius 2 is 1.80 bits per heavy atom. The van der Waals surface area contributed by atoms with Gasteiger partial charge in [-0.3, -0.25) is 9.59 Å². The summed E-state index contributed by atoms with van der Waals surface area (Å²) in [6.45, 7) is 5.57. The highest BCUT2D eigenvalue weighted by Crippen LogP contribution is 2.19. The first kappa shape index (κ1) is 19.5. The minimum atomic E-state index is -0.382. The Kier molecular flexibility index (Phi) is 5.14. The monoisotopic (exact) mass is 398 g/mol. The van der Waals surface area contributed by atoms with Crippen molar-refractivity contribution >= 4 is 5.78 Å². The van der Waals surface area contributed by atoms with Crippen molar-refractivity contribution in [3.8, 4) is 5.69 Å². The van der Waals surface area contributed by atoms with E-state index in [4.69, 9.17) is 0 Å². The van der Waals surface area contributed by atoms with Gasteiger partial charge in [0.1, 0.15) is 0 Å². The number of nitrogens with zero attached hydrogens (tertiary/aromatic N) is 4. The maximum Gasteiger partial charge on any atom is 0.278 e. The summed E-state index contributed by atoms with van der Waals surface area (Å²) in [6, 6.07) is 14.8. The highest BCUT2D eigenvalue weighted by atomic mass is 16.2. The van der Waals surface area contributed by atoms with Gasteiger partial charge in [-0.2, -0.15) is 5.10 Å². The predicted molar refractivity (Wildman–Crippen MR) is 115 cm³/mol. The van der Waals surface area contributed by atoms with Crippen LogP contribution >= 0.6 is 0 Å². The summed E-state index contributed by atoms with van der Waals surface area (Å²) in [5.74, 6) is -0.297. The van der Waals surface area contributed by atoms with Crippen molar-refractivity contribution in [3.05, 3.63) is 112 Å². The van der Waals surface area contributed by atoms with Crippen molar-refractivity contribution in [1.29, 1.82) is 0 Å². The van der Waals surface area contributed by atoms with Gasteiger partial charge in [0.05, 0.1) is 24.1 Å². The van der Waals surface area contributed by atoms with Crippen molar-refractivity contribution in [3.63, 3.8) is 0 Å². The van der Waals surface area contributed by atoms with Gasteiger partial charge in [-0.05, 0) is 55.7 Å². The van der Waals surface area contributed by atoms with E-state index in [9.17, 15) is 9.59 Å². The van der Waals surface area contributed by atoms with Gasteiger partial charge in [-0.1, -0.05) is 30.3 Å². The van der Waals surface area contributed by atoms with Gasteiger partial charge in [0.15, 0.2) is 5.78 Å². The lowest BCUT2D eigenvalue weighted by Gasteiger charge is -2.16. The lowest BCUT2D eigenvalue weighted by Crippen LogP contribution is -2.32. The molecule has 0 amide bonds. The largest absolute Gasteiger partial charge is 0.306 e. The second kappa shape index (κ2) is 7.91. The number of aromatic nitrogens is 4. The molecule has 0 saturated carbocycles. The number of hydrogen-bond donors (Lipinski definition) is 0. The predicted octanol–water partition coefficient (Wildman–Crippen LogP) is 3.89. The first-order chi connectivity index (χ1) is 14.5. The Bertz CT molecular complexity index is 1260. The fraction of sp³-hybridized carbons (Fsp3) is 0.167. The molecule has 150 valence electrons. The molecule has 0 N–H and O–H groups in total. The summed E-state index contributed by atoms with van der Waals surface area (Å²) in [4.78, 5) is 30.6. The lowest BCUT2D eigenvalue weighted by molar-refractivity contribution is 0.103. The van der Waals surface area contributed by atoms with Gasteiger partial charge >= 0.3 is 0 Å². The van der Waals surface area contributed by atoms with Crippen LogP contribution in [0, 0.1) is 13.8 Å². The molecule has 2 heterocycles. The minimum absolute atomic E-state index is 0.155. The van der Waals surface area contributed by atoms with Crippen molar-refractivity contribution < 1.29 is 4.79 Å². The number of ketones is 1. The van der Waals surface area contributed by atoms with E-state index < -0.39 is 0 Å². The standard InChI is InChI=1S/C24H22N4O2/c1-16-13-20(9-10-21(16)27-12-11-25-15-27)23(29)22-17(2)14-26-28(24(22)30)18(3)19-7-5-4-6-8-19/h4-15,18H,1-3H3. The molecule has 30 heavy (non-hydrogen) atoms.